The maximum atomic E-state index is 12.0. The summed E-state index contributed by atoms with van der Waals surface area (Å²) in [6.07, 6.45) is 3.44. The number of aromatic amines is 1. The van der Waals surface area contributed by atoms with Gasteiger partial charge >= 0.3 is 0 Å². The summed E-state index contributed by atoms with van der Waals surface area (Å²) < 4.78 is 5.52. The molecule has 0 unspecified atom stereocenters. The number of nitrogens with one attached hydrogen (secondary N) is 2. The number of hydrogen-bond acceptors (Lipinski definition) is 4. The molecule has 6 heteroatoms. The molecule has 1 atom stereocenters. The topological polar surface area (TPSA) is 84.1 Å². The Labute approximate surface area is 127 Å². The first-order valence-electron chi connectivity index (χ1n) is 7.58. The summed E-state index contributed by atoms with van der Waals surface area (Å²) in [6, 6.07) is 7.17. The smallest absolute Gasteiger partial charge is 0.272 e. The van der Waals surface area contributed by atoms with E-state index in [0.29, 0.717) is 17.6 Å². The van der Waals surface area contributed by atoms with Gasteiger partial charge in [-0.3, -0.25) is 9.59 Å². The van der Waals surface area contributed by atoms with Crippen molar-refractivity contribution in [1.82, 2.24) is 15.5 Å². The van der Waals surface area contributed by atoms with E-state index in [1.54, 1.807) is 12.1 Å². The van der Waals surface area contributed by atoms with Gasteiger partial charge < -0.3 is 10.1 Å². The highest BCUT2D eigenvalue weighted by molar-refractivity contribution is 5.88. The van der Waals surface area contributed by atoms with E-state index in [4.69, 9.17) is 4.74 Å². The largest absolute Gasteiger partial charge is 0.378 e. The van der Waals surface area contributed by atoms with Crippen molar-refractivity contribution in [3.05, 3.63) is 40.3 Å². The first-order chi connectivity index (χ1) is 10.7. The van der Waals surface area contributed by atoms with Crippen LogP contribution in [0.2, 0.25) is 0 Å². The molecule has 1 amide bonds. The van der Waals surface area contributed by atoms with Crippen LogP contribution in [0.25, 0.3) is 10.8 Å². The third-order valence-corrected chi connectivity index (χ3v) is 3.92. The predicted octanol–water partition coefficient (Wildman–Crippen LogP) is 1.15. The number of fused-ring (bicyclic) bond motifs is 1. The number of carbonyl (C=O) groups excluding carboxylic acids is 1. The van der Waals surface area contributed by atoms with Crippen molar-refractivity contribution >= 4 is 16.7 Å². The van der Waals surface area contributed by atoms with Crippen molar-refractivity contribution in [3.63, 3.8) is 0 Å². The van der Waals surface area contributed by atoms with Gasteiger partial charge in [-0.05, 0) is 25.3 Å². The maximum absolute atomic E-state index is 12.0. The van der Waals surface area contributed by atoms with Gasteiger partial charge in [-0.15, -0.1) is 0 Å². The molecule has 0 bridgehead atoms. The second-order valence-electron chi connectivity index (χ2n) is 5.50. The third kappa shape index (κ3) is 3.33. The van der Waals surface area contributed by atoms with Gasteiger partial charge in [-0.2, -0.15) is 5.10 Å². The predicted molar refractivity (Wildman–Crippen MR) is 82.7 cm³/mol. The molecule has 0 aliphatic carbocycles. The van der Waals surface area contributed by atoms with Gasteiger partial charge in [0.1, 0.15) is 0 Å². The zero-order chi connectivity index (χ0) is 15.4. The summed E-state index contributed by atoms with van der Waals surface area (Å²) >= 11 is 0. The monoisotopic (exact) mass is 301 g/mol. The number of carbonyl (C=O) groups is 1. The minimum absolute atomic E-state index is 0.0947. The molecule has 2 N–H and O–H groups in total. The molecule has 1 fully saturated rings. The van der Waals surface area contributed by atoms with Crippen molar-refractivity contribution in [3.8, 4) is 0 Å². The summed E-state index contributed by atoms with van der Waals surface area (Å²) in [5.74, 6) is -0.0947. The number of ether oxygens (including phenoxy) is 1. The molecule has 6 nitrogen and oxygen atoms in total. The van der Waals surface area contributed by atoms with E-state index in [9.17, 15) is 9.59 Å². The van der Waals surface area contributed by atoms with E-state index in [1.807, 2.05) is 12.1 Å². The molecule has 2 aromatic rings. The highest BCUT2D eigenvalue weighted by atomic mass is 16.5. The van der Waals surface area contributed by atoms with Gasteiger partial charge in [0.15, 0.2) is 0 Å². The molecule has 1 aliphatic rings. The van der Waals surface area contributed by atoms with Crippen molar-refractivity contribution in [2.24, 2.45) is 0 Å². The number of benzene rings is 1. The molecule has 1 aromatic heterocycles. The Bertz CT molecular complexity index is 720. The first kappa shape index (κ1) is 14.7. The number of nitrogens with zero attached hydrogens (tertiary/aromatic N) is 1. The average Bonchev–Trinajstić information content (AvgIpc) is 3.04. The summed E-state index contributed by atoms with van der Waals surface area (Å²) in [7, 11) is 0. The van der Waals surface area contributed by atoms with Crippen LogP contribution < -0.4 is 10.9 Å². The van der Waals surface area contributed by atoms with Gasteiger partial charge in [0.25, 0.3) is 5.56 Å². The lowest BCUT2D eigenvalue weighted by Crippen LogP contribution is -2.29. The van der Waals surface area contributed by atoms with Crippen molar-refractivity contribution < 1.29 is 9.53 Å². The van der Waals surface area contributed by atoms with E-state index >= 15 is 0 Å². The Morgan fingerprint density at radius 3 is 2.95 bits per heavy atom. The Morgan fingerprint density at radius 2 is 2.18 bits per heavy atom. The van der Waals surface area contributed by atoms with Crippen LogP contribution in [0.1, 0.15) is 25.0 Å². The van der Waals surface area contributed by atoms with Gasteiger partial charge in [-0.25, -0.2) is 5.10 Å². The van der Waals surface area contributed by atoms with Crippen LogP contribution in [0.15, 0.2) is 29.1 Å². The van der Waals surface area contributed by atoms with Crippen LogP contribution in [0.4, 0.5) is 0 Å². The lowest BCUT2D eigenvalue weighted by Gasteiger charge is -2.10. The fraction of sp³-hybridized carbons (Fsp3) is 0.438. The summed E-state index contributed by atoms with van der Waals surface area (Å²) in [5.41, 5.74) is 0.350. The molecule has 0 spiro atoms. The number of rotatable bonds is 5. The standard InChI is InChI=1S/C16H19N3O3/c20-15(17-8-7-11-4-3-9-22-11)10-14-12-5-1-2-6-13(12)16(21)19-18-14/h1-2,5-6,11H,3-4,7-10H2,(H,17,20)(H,19,21)/t11-/m1/s1. The van der Waals surface area contributed by atoms with E-state index < -0.39 is 0 Å². The molecule has 116 valence electrons. The van der Waals surface area contributed by atoms with Gasteiger partial charge in [-0.1, -0.05) is 18.2 Å². The number of hydrogen-bond donors (Lipinski definition) is 2. The van der Waals surface area contributed by atoms with Crippen LogP contribution in [0.3, 0.4) is 0 Å². The fourth-order valence-corrected chi connectivity index (χ4v) is 2.77. The molecular weight excluding hydrogens is 282 g/mol. The highest BCUT2D eigenvalue weighted by Crippen LogP contribution is 2.15. The lowest BCUT2D eigenvalue weighted by molar-refractivity contribution is -0.120. The van der Waals surface area contributed by atoms with Crippen LogP contribution >= 0.6 is 0 Å². The molecule has 1 saturated heterocycles. The Kier molecular flexibility index (Phi) is 4.48. The van der Waals surface area contributed by atoms with E-state index in [2.05, 4.69) is 15.5 Å². The summed E-state index contributed by atoms with van der Waals surface area (Å²) in [6.45, 7) is 1.43. The molecular formula is C16H19N3O3. The minimum atomic E-state index is -0.238. The van der Waals surface area contributed by atoms with Crippen LogP contribution in [0, 0.1) is 0 Å². The molecule has 0 radical (unpaired) electrons. The van der Waals surface area contributed by atoms with E-state index in [1.165, 1.54) is 0 Å². The molecule has 2 heterocycles. The van der Waals surface area contributed by atoms with Crippen LogP contribution in [0.5, 0.6) is 0 Å². The van der Waals surface area contributed by atoms with E-state index in [-0.39, 0.29) is 24.0 Å². The molecule has 1 aromatic carbocycles. The average molecular weight is 301 g/mol. The molecule has 22 heavy (non-hydrogen) atoms. The molecule has 3 rings (SSSR count). The second-order valence-corrected chi connectivity index (χ2v) is 5.50. The Hall–Kier alpha value is -2.21. The quantitative estimate of drug-likeness (QED) is 0.867. The second kappa shape index (κ2) is 6.70. The summed E-state index contributed by atoms with van der Waals surface area (Å²) in [4.78, 5) is 23.7. The minimum Gasteiger partial charge on any atom is -0.378 e. The van der Waals surface area contributed by atoms with Crippen molar-refractivity contribution in [1.29, 1.82) is 0 Å². The van der Waals surface area contributed by atoms with Crippen LogP contribution in [-0.4, -0.2) is 35.4 Å². The number of amides is 1. The Morgan fingerprint density at radius 1 is 1.36 bits per heavy atom. The van der Waals surface area contributed by atoms with Crippen LogP contribution in [-0.2, 0) is 16.0 Å². The number of H-pyrrole nitrogens is 1. The highest BCUT2D eigenvalue weighted by Gasteiger charge is 2.15. The third-order valence-electron chi connectivity index (χ3n) is 3.92. The van der Waals surface area contributed by atoms with Gasteiger partial charge in [0.05, 0.1) is 23.6 Å². The van der Waals surface area contributed by atoms with Gasteiger partial charge in [0.2, 0.25) is 5.91 Å². The van der Waals surface area contributed by atoms with Gasteiger partial charge in [0, 0.05) is 18.5 Å². The maximum Gasteiger partial charge on any atom is 0.272 e. The lowest BCUT2D eigenvalue weighted by atomic mass is 10.1. The zero-order valence-electron chi connectivity index (χ0n) is 12.3. The van der Waals surface area contributed by atoms with Crippen molar-refractivity contribution in [2.75, 3.05) is 13.2 Å². The normalized spacial score (nSPS) is 17.7. The van der Waals surface area contributed by atoms with Crippen molar-refractivity contribution in [2.45, 2.75) is 31.8 Å². The molecule has 1 aliphatic heterocycles. The number of aromatic nitrogens is 2. The molecule has 0 saturated carbocycles. The first-order valence-corrected chi connectivity index (χ1v) is 7.58. The fourth-order valence-electron chi connectivity index (χ4n) is 2.77. The Balaban J connectivity index is 1.61. The zero-order valence-corrected chi connectivity index (χ0v) is 12.3. The summed E-state index contributed by atoms with van der Waals surface area (Å²) in [5, 5.41) is 10.6. The van der Waals surface area contributed by atoms with E-state index in [0.717, 1.165) is 31.3 Å². The SMILES string of the molecule is O=C(Cc1n[nH]c(=O)c2ccccc12)NCC[C@H]1CCCO1.